The summed E-state index contributed by atoms with van der Waals surface area (Å²) in [6, 6.07) is 7.07. The van der Waals surface area contributed by atoms with Crippen molar-refractivity contribution in [1.82, 2.24) is 4.90 Å². The Kier molecular flexibility index (Phi) is 3.70. The van der Waals surface area contributed by atoms with Crippen LogP contribution in [0.1, 0.15) is 60.9 Å². The SMILES string of the molecule is CC1C(C(=O)O)c2ccccc2C(=O)N1C1CCCCC1. The summed E-state index contributed by atoms with van der Waals surface area (Å²) in [6.45, 7) is 1.88. The van der Waals surface area contributed by atoms with Crippen molar-refractivity contribution < 1.29 is 14.7 Å². The highest BCUT2D eigenvalue weighted by Gasteiger charge is 2.43. The first-order chi connectivity index (χ1) is 10.1. The third kappa shape index (κ3) is 2.33. The van der Waals surface area contributed by atoms with Crippen LogP contribution in [-0.2, 0) is 4.79 Å². The lowest BCUT2D eigenvalue weighted by atomic mass is 9.81. The molecule has 0 saturated heterocycles. The number of carbonyl (C=O) groups excluding carboxylic acids is 1. The summed E-state index contributed by atoms with van der Waals surface area (Å²) >= 11 is 0. The minimum absolute atomic E-state index is 0.00231. The van der Waals surface area contributed by atoms with E-state index in [0.717, 1.165) is 25.7 Å². The summed E-state index contributed by atoms with van der Waals surface area (Å²) in [5, 5.41) is 9.62. The molecule has 1 fully saturated rings. The van der Waals surface area contributed by atoms with Gasteiger partial charge in [0.25, 0.3) is 5.91 Å². The van der Waals surface area contributed by atoms with E-state index in [0.29, 0.717) is 11.1 Å². The number of carbonyl (C=O) groups is 2. The van der Waals surface area contributed by atoms with Gasteiger partial charge in [0.05, 0.1) is 0 Å². The molecule has 4 nitrogen and oxygen atoms in total. The number of benzene rings is 1. The first kappa shape index (κ1) is 14.1. The fourth-order valence-corrected chi connectivity index (χ4v) is 3.90. The number of rotatable bonds is 2. The van der Waals surface area contributed by atoms with Gasteiger partial charge in [-0.15, -0.1) is 0 Å². The molecule has 21 heavy (non-hydrogen) atoms. The van der Waals surface area contributed by atoms with Gasteiger partial charge in [-0.05, 0) is 31.4 Å². The van der Waals surface area contributed by atoms with E-state index < -0.39 is 11.9 Å². The summed E-state index contributed by atoms with van der Waals surface area (Å²) in [5.74, 6) is -1.47. The van der Waals surface area contributed by atoms with E-state index in [1.165, 1.54) is 6.42 Å². The van der Waals surface area contributed by atoms with Crippen LogP contribution in [0.4, 0.5) is 0 Å². The van der Waals surface area contributed by atoms with Gasteiger partial charge in [-0.3, -0.25) is 9.59 Å². The highest BCUT2D eigenvalue weighted by Crippen LogP contribution is 2.37. The second-order valence-electron chi connectivity index (χ2n) is 6.15. The monoisotopic (exact) mass is 287 g/mol. The molecule has 112 valence electrons. The van der Waals surface area contributed by atoms with Crippen molar-refractivity contribution in [2.24, 2.45) is 0 Å². The van der Waals surface area contributed by atoms with Crippen LogP contribution < -0.4 is 0 Å². The van der Waals surface area contributed by atoms with Crippen molar-refractivity contribution in [3.8, 4) is 0 Å². The molecule has 0 aromatic heterocycles. The van der Waals surface area contributed by atoms with Crippen LogP contribution in [0.2, 0.25) is 0 Å². The molecule has 1 aliphatic carbocycles. The Morgan fingerprint density at radius 2 is 1.86 bits per heavy atom. The molecule has 1 amide bonds. The summed E-state index contributed by atoms with van der Waals surface area (Å²) < 4.78 is 0. The molecule has 1 heterocycles. The van der Waals surface area contributed by atoms with Crippen LogP contribution in [0.25, 0.3) is 0 Å². The fraction of sp³-hybridized carbons (Fsp3) is 0.529. The van der Waals surface area contributed by atoms with Gasteiger partial charge in [0.1, 0.15) is 5.92 Å². The average Bonchev–Trinajstić information content (AvgIpc) is 2.48. The molecule has 1 saturated carbocycles. The molecular weight excluding hydrogens is 266 g/mol. The van der Waals surface area contributed by atoms with E-state index >= 15 is 0 Å². The topological polar surface area (TPSA) is 57.6 Å². The van der Waals surface area contributed by atoms with E-state index in [2.05, 4.69) is 0 Å². The second-order valence-corrected chi connectivity index (χ2v) is 6.15. The third-order valence-electron chi connectivity index (χ3n) is 4.92. The maximum Gasteiger partial charge on any atom is 0.313 e. The predicted octanol–water partition coefficient (Wildman–Crippen LogP) is 3.03. The zero-order valence-corrected chi connectivity index (χ0v) is 12.3. The standard InChI is InChI=1S/C17H21NO3/c1-11-15(17(20)21)13-9-5-6-10-14(13)16(19)18(11)12-7-3-2-4-8-12/h5-6,9-12,15H,2-4,7-8H2,1H3,(H,20,21). The zero-order valence-electron chi connectivity index (χ0n) is 12.3. The van der Waals surface area contributed by atoms with E-state index in [1.807, 2.05) is 24.0 Å². The average molecular weight is 287 g/mol. The van der Waals surface area contributed by atoms with Gasteiger partial charge in [0, 0.05) is 17.6 Å². The lowest BCUT2D eigenvalue weighted by Crippen LogP contribution is -2.53. The van der Waals surface area contributed by atoms with Crippen molar-refractivity contribution in [2.75, 3.05) is 0 Å². The van der Waals surface area contributed by atoms with Crippen LogP contribution in [0.15, 0.2) is 24.3 Å². The Morgan fingerprint density at radius 1 is 1.19 bits per heavy atom. The van der Waals surface area contributed by atoms with Crippen LogP contribution in [0.5, 0.6) is 0 Å². The van der Waals surface area contributed by atoms with Crippen LogP contribution in [0, 0.1) is 0 Å². The summed E-state index contributed by atoms with van der Waals surface area (Å²) in [5.41, 5.74) is 1.23. The highest BCUT2D eigenvalue weighted by molar-refractivity contribution is 6.00. The molecule has 2 atom stereocenters. The largest absolute Gasteiger partial charge is 0.481 e. The van der Waals surface area contributed by atoms with Crippen molar-refractivity contribution in [3.63, 3.8) is 0 Å². The van der Waals surface area contributed by atoms with Gasteiger partial charge in [-0.25, -0.2) is 0 Å². The molecule has 1 aromatic rings. The molecule has 0 radical (unpaired) electrons. The Balaban J connectivity index is 2.03. The number of hydrogen-bond acceptors (Lipinski definition) is 2. The van der Waals surface area contributed by atoms with Crippen molar-refractivity contribution in [2.45, 2.75) is 57.0 Å². The number of nitrogens with zero attached hydrogens (tertiary/aromatic N) is 1. The summed E-state index contributed by atoms with van der Waals surface area (Å²) in [7, 11) is 0. The van der Waals surface area contributed by atoms with E-state index in [1.54, 1.807) is 12.1 Å². The van der Waals surface area contributed by atoms with Gasteiger partial charge in [-0.1, -0.05) is 37.5 Å². The first-order valence-electron chi connectivity index (χ1n) is 7.75. The van der Waals surface area contributed by atoms with Crippen LogP contribution in [-0.4, -0.2) is 34.0 Å². The zero-order chi connectivity index (χ0) is 15.0. The quantitative estimate of drug-likeness (QED) is 0.909. The molecule has 1 aromatic carbocycles. The number of fused-ring (bicyclic) bond motifs is 1. The Bertz CT molecular complexity index is 563. The van der Waals surface area contributed by atoms with E-state index in [-0.39, 0.29) is 18.0 Å². The lowest BCUT2D eigenvalue weighted by molar-refractivity contribution is -0.140. The van der Waals surface area contributed by atoms with Gasteiger partial charge in [0.2, 0.25) is 0 Å². The lowest BCUT2D eigenvalue weighted by Gasteiger charge is -2.44. The smallest absolute Gasteiger partial charge is 0.313 e. The first-order valence-corrected chi connectivity index (χ1v) is 7.75. The molecule has 1 aliphatic heterocycles. The Labute approximate surface area is 124 Å². The van der Waals surface area contributed by atoms with Gasteiger partial charge >= 0.3 is 5.97 Å². The second kappa shape index (κ2) is 5.51. The molecule has 2 aliphatic rings. The normalized spacial score (nSPS) is 26.5. The fourth-order valence-electron chi connectivity index (χ4n) is 3.90. The Morgan fingerprint density at radius 3 is 2.52 bits per heavy atom. The number of hydrogen-bond donors (Lipinski definition) is 1. The number of carboxylic acids is 1. The molecule has 0 spiro atoms. The van der Waals surface area contributed by atoms with Gasteiger partial charge < -0.3 is 10.0 Å². The summed E-state index contributed by atoms with van der Waals surface area (Å²) in [6.07, 6.45) is 5.45. The van der Waals surface area contributed by atoms with Gasteiger partial charge in [0.15, 0.2) is 0 Å². The van der Waals surface area contributed by atoms with E-state index in [4.69, 9.17) is 0 Å². The minimum atomic E-state index is -0.844. The third-order valence-corrected chi connectivity index (χ3v) is 4.92. The van der Waals surface area contributed by atoms with Crippen LogP contribution in [0.3, 0.4) is 0 Å². The summed E-state index contributed by atoms with van der Waals surface area (Å²) in [4.78, 5) is 26.4. The highest BCUT2D eigenvalue weighted by atomic mass is 16.4. The number of aliphatic carboxylic acids is 1. The van der Waals surface area contributed by atoms with E-state index in [9.17, 15) is 14.7 Å². The van der Waals surface area contributed by atoms with Gasteiger partial charge in [-0.2, -0.15) is 0 Å². The molecule has 1 N–H and O–H groups in total. The van der Waals surface area contributed by atoms with Crippen molar-refractivity contribution in [1.29, 1.82) is 0 Å². The molecule has 2 unspecified atom stereocenters. The number of amides is 1. The Hall–Kier alpha value is -1.84. The maximum atomic E-state index is 12.8. The number of carboxylic acid groups (broad SMARTS) is 1. The maximum absolute atomic E-state index is 12.8. The predicted molar refractivity (Wildman–Crippen MR) is 79.3 cm³/mol. The molecular formula is C17H21NO3. The molecule has 4 heteroatoms. The minimum Gasteiger partial charge on any atom is -0.481 e. The van der Waals surface area contributed by atoms with Crippen molar-refractivity contribution in [3.05, 3.63) is 35.4 Å². The molecule has 0 bridgehead atoms. The van der Waals surface area contributed by atoms with Crippen molar-refractivity contribution >= 4 is 11.9 Å². The molecule has 3 rings (SSSR count). The van der Waals surface area contributed by atoms with Crippen LogP contribution >= 0.6 is 0 Å².